The molecule has 0 radical (unpaired) electrons. The van der Waals surface area contributed by atoms with Crippen molar-refractivity contribution in [3.63, 3.8) is 0 Å². The minimum Gasteiger partial charge on any atom is -0.365 e. The zero-order valence-corrected chi connectivity index (χ0v) is 9.53. The van der Waals surface area contributed by atoms with Crippen LogP contribution < -0.4 is 16.4 Å². The van der Waals surface area contributed by atoms with Crippen LogP contribution in [0.4, 0.5) is 5.82 Å². The van der Waals surface area contributed by atoms with Gasteiger partial charge in [0.2, 0.25) is 0 Å². The number of amides is 1. The molecule has 0 aliphatic carbocycles. The number of nitrogens with two attached hydrogens (primary N) is 2. The molecule has 5 heteroatoms. The molecule has 2 rings (SSSR count). The summed E-state index contributed by atoms with van der Waals surface area (Å²) in [7, 11) is 0. The number of anilines is 1. The van der Waals surface area contributed by atoms with Crippen molar-refractivity contribution in [2.75, 3.05) is 18.0 Å². The van der Waals surface area contributed by atoms with Crippen LogP contribution in [0.3, 0.4) is 0 Å². The molecule has 5 nitrogen and oxygen atoms in total. The molecule has 0 atom stereocenters. The maximum atomic E-state index is 11.4. The highest BCUT2D eigenvalue weighted by Gasteiger charge is 2.28. The Morgan fingerprint density at radius 3 is 2.62 bits per heavy atom. The fourth-order valence-corrected chi connectivity index (χ4v) is 2.04. The first kappa shape index (κ1) is 10.9. The second-order valence-electron chi connectivity index (χ2n) is 4.31. The van der Waals surface area contributed by atoms with Gasteiger partial charge in [-0.1, -0.05) is 0 Å². The van der Waals surface area contributed by atoms with Crippen molar-refractivity contribution in [3.8, 4) is 0 Å². The maximum absolute atomic E-state index is 11.4. The van der Waals surface area contributed by atoms with E-state index in [9.17, 15) is 4.79 Å². The van der Waals surface area contributed by atoms with Gasteiger partial charge in [0, 0.05) is 24.8 Å². The molecule has 0 unspecified atom stereocenters. The predicted molar refractivity (Wildman–Crippen MR) is 62.4 cm³/mol. The summed E-state index contributed by atoms with van der Waals surface area (Å²) in [6.07, 6.45) is 0. The van der Waals surface area contributed by atoms with E-state index in [2.05, 4.69) is 4.98 Å². The Kier molecular flexibility index (Phi) is 2.55. The average molecular weight is 220 g/mol. The number of hydrogen-bond donors (Lipinski definition) is 2. The quantitative estimate of drug-likeness (QED) is 0.731. The molecule has 1 fully saturated rings. The van der Waals surface area contributed by atoms with Crippen LogP contribution in [0, 0.1) is 13.8 Å². The first-order valence-electron chi connectivity index (χ1n) is 5.27. The Balaban J connectivity index is 2.45. The van der Waals surface area contributed by atoms with Gasteiger partial charge in [0.15, 0.2) is 0 Å². The molecule has 86 valence electrons. The Labute approximate surface area is 94.4 Å². The molecule has 1 aromatic rings. The van der Waals surface area contributed by atoms with E-state index in [1.807, 2.05) is 24.8 Å². The van der Waals surface area contributed by atoms with Crippen molar-refractivity contribution in [2.45, 2.75) is 19.9 Å². The first-order valence-corrected chi connectivity index (χ1v) is 5.27. The standard InChI is InChI=1S/C11H16N4O/c1-6-3-7(2)14-11(9(6)10(13)16)15-4-8(12)5-15/h3,8H,4-5,12H2,1-2H3,(H2,13,16). The molecule has 0 aromatic carbocycles. The van der Waals surface area contributed by atoms with Gasteiger partial charge in [-0.15, -0.1) is 0 Å². The zero-order chi connectivity index (χ0) is 11.9. The van der Waals surface area contributed by atoms with Gasteiger partial charge >= 0.3 is 0 Å². The summed E-state index contributed by atoms with van der Waals surface area (Å²) in [6.45, 7) is 5.24. The highest BCUT2D eigenvalue weighted by molar-refractivity contribution is 5.99. The summed E-state index contributed by atoms with van der Waals surface area (Å²) in [6, 6.07) is 2.03. The van der Waals surface area contributed by atoms with E-state index < -0.39 is 5.91 Å². The van der Waals surface area contributed by atoms with E-state index >= 15 is 0 Å². The van der Waals surface area contributed by atoms with Crippen molar-refractivity contribution in [1.82, 2.24) is 4.98 Å². The van der Waals surface area contributed by atoms with Gasteiger partial charge < -0.3 is 16.4 Å². The van der Waals surface area contributed by atoms with Crippen LogP contribution >= 0.6 is 0 Å². The van der Waals surface area contributed by atoms with Gasteiger partial charge in [0.05, 0.1) is 5.56 Å². The number of hydrogen-bond acceptors (Lipinski definition) is 4. The molecule has 2 heterocycles. The van der Waals surface area contributed by atoms with Gasteiger partial charge in [-0.2, -0.15) is 0 Å². The van der Waals surface area contributed by atoms with Crippen LogP contribution in [0.15, 0.2) is 6.07 Å². The van der Waals surface area contributed by atoms with Gasteiger partial charge in [-0.25, -0.2) is 4.98 Å². The van der Waals surface area contributed by atoms with Gasteiger partial charge in [0.1, 0.15) is 5.82 Å². The Bertz CT molecular complexity index is 438. The lowest BCUT2D eigenvalue weighted by Crippen LogP contribution is -2.56. The molecule has 4 N–H and O–H groups in total. The number of nitrogens with zero attached hydrogens (tertiary/aromatic N) is 2. The Morgan fingerprint density at radius 2 is 2.12 bits per heavy atom. The van der Waals surface area contributed by atoms with E-state index in [4.69, 9.17) is 11.5 Å². The molecular weight excluding hydrogens is 204 g/mol. The fourth-order valence-electron chi connectivity index (χ4n) is 2.04. The monoisotopic (exact) mass is 220 g/mol. The molecule has 1 amide bonds. The number of primary amides is 1. The van der Waals surface area contributed by atoms with E-state index in [-0.39, 0.29) is 6.04 Å². The number of carbonyl (C=O) groups excluding carboxylic acids is 1. The number of aromatic nitrogens is 1. The van der Waals surface area contributed by atoms with Crippen LogP contribution in [0.2, 0.25) is 0 Å². The Morgan fingerprint density at radius 1 is 1.50 bits per heavy atom. The van der Waals surface area contributed by atoms with Crippen LogP contribution in [0.25, 0.3) is 0 Å². The zero-order valence-electron chi connectivity index (χ0n) is 9.53. The molecular formula is C11H16N4O. The number of pyridine rings is 1. The summed E-state index contributed by atoms with van der Waals surface area (Å²) < 4.78 is 0. The molecule has 1 aliphatic heterocycles. The van der Waals surface area contributed by atoms with Crippen molar-refractivity contribution in [3.05, 3.63) is 22.9 Å². The largest absolute Gasteiger partial charge is 0.365 e. The third-order valence-corrected chi connectivity index (χ3v) is 2.78. The van der Waals surface area contributed by atoms with Crippen molar-refractivity contribution >= 4 is 11.7 Å². The normalized spacial score (nSPS) is 16.1. The molecule has 1 aromatic heterocycles. The number of carbonyl (C=O) groups is 1. The third kappa shape index (κ3) is 1.74. The van der Waals surface area contributed by atoms with E-state index in [1.165, 1.54) is 0 Å². The van der Waals surface area contributed by atoms with Crippen molar-refractivity contribution < 1.29 is 4.79 Å². The molecule has 16 heavy (non-hydrogen) atoms. The van der Waals surface area contributed by atoms with Crippen LogP contribution in [-0.4, -0.2) is 30.0 Å². The highest BCUT2D eigenvalue weighted by atomic mass is 16.1. The van der Waals surface area contributed by atoms with Crippen molar-refractivity contribution in [2.24, 2.45) is 11.5 Å². The average Bonchev–Trinajstić information content (AvgIpc) is 2.10. The molecule has 1 aliphatic rings. The lowest BCUT2D eigenvalue weighted by Gasteiger charge is -2.38. The summed E-state index contributed by atoms with van der Waals surface area (Å²) in [5, 5.41) is 0. The van der Waals surface area contributed by atoms with Crippen LogP contribution in [-0.2, 0) is 0 Å². The topological polar surface area (TPSA) is 85.2 Å². The highest BCUT2D eigenvalue weighted by Crippen LogP contribution is 2.25. The minimum atomic E-state index is -0.430. The molecule has 0 bridgehead atoms. The van der Waals surface area contributed by atoms with Crippen LogP contribution in [0.5, 0.6) is 0 Å². The fraction of sp³-hybridized carbons (Fsp3) is 0.455. The second kappa shape index (κ2) is 3.75. The SMILES string of the molecule is Cc1cc(C)c(C(N)=O)c(N2CC(N)C2)n1. The smallest absolute Gasteiger partial charge is 0.252 e. The van der Waals surface area contributed by atoms with Crippen LogP contribution in [0.1, 0.15) is 21.6 Å². The van der Waals surface area contributed by atoms with Crippen molar-refractivity contribution in [1.29, 1.82) is 0 Å². The number of aryl methyl sites for hydroxylation is 2. The van der Waals surface area contributed by atoms with E-state index in [0.29, 0.717) is 11.4 Å². The van der Waals surface area contributed by atoms with Gasteiger partial charge in [0.25, 0.3) is 5.91 Å². The van der Waals surface area contributed by atoms with E-state index in [1.54, 1.807) is 0 Å². The number of rotatable bonds is 2. The minimum absolute atomic E-state index is 0.170. The molecule has 0 spiro atoms. The molecule has 0 saturated carbocycles. The second-order valence-corrected chi connectivity index (χ2v) is 4.31. The summed E-state index contributed by atoms with van der Waals surface area (Å²) in [5.74, 6) is 0.243. The summed E-state index contributed by atoms with van der Waals surface area (Å²) in [4.78, 5) is 17.8. The molecule has 1 saturated heterocycles. The maximum Gasteiger partial charge on any atom is 0.252 e. The Hall–Kier alpha value is -1.62. The van der Waals surface area contributed by atoms with E-state index in [0.717, 1.165) is 24.3 Å². The van der Waals surface area contributed by atoms with Gasteiger partial charge in [-0.3, -0.25) is 4.79 Å². The van der Waals surface area contributed by atoms with Gasteiger partial charge in [-0.05, 0) is 25.5 Å². The first-order chi connectivity index (χ1) is 7.49. The third-order valence-electron chi connectivity index (χ3n) is 2.78. The summed E-state index contributed by atoms with van der Waals surface area (Å²) >= 11 is 0. The predicted octanol–water partition coefficient (Wildman–Crippen LogP) is -0.0554. The summed E-state index contributed by atoms with van der Waals surface area (Å²) in [5.41, 5.74) is 13.4. The lowest BCUT2D eigenvalue weighted by molar-refractivity contribution is 0.0999. The lowest BCUT2D eigenvalue weighted by atomic mass is 10.0.